The fourth-order valence-electron chi connectivity index (χ4n) is 2.81. The molecule has 0 aliphatic carbocycles. The first kappa shape index (κ1) is 17.2. The Morgan fingerprint density at radius 3 is 2.72 bits per heavy atom. The van der Waals surface area contributed by atoms with Gasteiger partial charge in [0.25, 0.3) is 0 Å². The number of halogens is 3. The number of aryl methyl sites for hydroxylation is 1. The quantitative estimate of drug-likeness (QED) is 0.866. The van der Waals surface area contributed by atoms with E-state index in [1.807, 2.05) is 9.88 Å². The van der Waals surface area contributed by atoms with Crippen molar-refractivity contribution in [3.63, 3.8) is 0 Å². The van der Waals surface area contributed by atoms with Crippen LogP contribution in [0, 0.1) is 0 Å². The van der Waals surface area contributed by atoms with Gasteiger partial charge in [-0.25, -0.2) is 4.79 Å². The number of fused-ring (bicyclic) bond motifs is 1. The summed E-state index contributed by atoms with van der Waals surface area (Å²) in [6.07, 6.45) is -3.08. The molecule has 2 heterocycles. The van der Waals surface area contributed by atoms with Gasteiger partial charge in [0.15, 0.2) is 5.82 Å². The molecule has 0 saturated carbocycles. The molecule has 0 radical (unpaired) electrons. The molecule has 0 saturated heterocycles. The predicted octanol–water partition coefficient (Wildman–Crippen LogP) is 2.20. The van der Waals surface area contributed by atoms with E-state index in [2.05, 4.69) is 15.5 Å². The lowest BCUT2D eigenvalue weighted by Crippen LogP contribution is -2.50. The monoisotopic (exact) mass is 353 g/mol. The van der Waals surface area contributed by atoms with Crippen molar-refractivity contribution in [1.82, 2.24) is 25.4 Å². The minimum atomic E-state index is -4.54. The molecular formula is C16H18F3N5O. The number of aromatic nitrogens is 3. The number of carbonyl (C=O) groups excluding carboxylic acids is 1. The molecule has 134 valence electrons. The zero-order chi connectivity index (χ0) is 17.9. The van der Waals surface area contributed by atoms with Crippen LogP contribution in [0.1, 0.15) is 23.6 Å². The highest BCUT2D eigenvalue weighted by Crippen LogP contribution is 2.23. The normalized spacial score (nSPS) is 14.8. The summed E-state index contributed by atoms with van der Waals surface area (Å²) in [5.74, 6) is 1.39. The van der Waals surface area contributed by atoms with Crippen LogP contribution in [-0.2, 0) is 25.9 Å². The molecule has 0 bridgehead atoms. The minimum absolute atomic E-state index is 0.0365. The topological polar surface area (TPSA) is 71.8 Å². The van der Waals surface area contributed by atoms with Gasteiger partial charge in [-0.1, -0.05) is 30.3 Å². The van der Waals surface area contributed by atoms with Gasteiger partial charge in [-0.2, -0.15) is 13.2 Å². The minimum Gasteiger partial charge on any atom is -0.331 e. The molecule has 6 nitrogen and oxygen atoms in total. The van der Waals surface area contributed by atoms with Crippen LogP contribution in [0.5, 0.6) is 0 Å². The standard InChI is InChI=1S/C16H18F3N5O/c17-16(18,19)12(9-11-5-2-1-3-6-11)21-15(25)20-10-14-23-22-13-7-4-8-24(13)14/h1-3,5-6,12H,4,7-10H2,(H2,20,21,25)/t12-/m1/s1. The van der Waals surface area contributed by atoms with Gasteiger partial charge < -0.3 is 15.2 Å². The molecular weight excluding hydrogens is 335 g/mol. The molecule has 25 heavy (non-hydrogen) atoms. The molecule has 9 heteroatoms. The number of hydrogen-bond donors (Lipinski definition) is 2. The van der Waals surface area contributed by atoms with Gasteiger partial charge in [0.2, 0.25) is 0 Å². The van der Waals surface area contributed by atoms with Crippen molar-refractivity contribution in [2.24, 2.45) is 0 Å². The highest BCUT2D eigenvalue weighted by Gasteiger charge is 2.40. The maximum absolute atomic E-state index is 13.2. The molecule has 0 spiro atoms. The number of nitrogens with zero attached hydrogens (tertiary/aromatic N) is 3. The average molecular weight is 353 g/mol. The van der Waals surface area contributed by atoms with E-state index in [0.717, 1.165) is 25.2 Å². The molecule has 2 N–H and O–H groups in total. The molecule has 1 atom stereocenters. The Morgan fingerprint density at radius 1 is 1.24 bits per heavy atom. The van der Waals surface area contributed by atoms with Gasteiger partial charge in [0.1, 0.15) is 11.9 Å². The van der Waals surface area contributed by atoms with Crippen molar-refractivity contribution < 1.29 is 18.0 Å². The van der Waals surface area contributed by atoms with E-state index in [-0.39, 0.29) is 13.0 Å². The molecule has 3 rings (SSSR count). The Kier molecular flexibility index (Phi) is 4.91. The van der Waals surface area contributed by atoms with Crippen molar-refractivity contribution in [1.29, 1.82) is 0 Å². The number of alkyl halides is 3. The summed E-state index contributed by atoms with van der Waals surface area (Å²) in [7, 11) is 0. The first-order chi connectivity index (χ1) is 11.9. The summed E-state index contributed by atoms with van der Waals surface area (Å²) in [5.41, 5.74) is 0.500. The predicted molar refractivity (Wildman–Crippen MR) is 83.7 cm³/mol. The van der Waals surface area contributed by atoms with Crippen LogP contribution in [0.3, 0.4) is 0 Å². The van der Waals surface area contributed by atoms with Crippen molar-refractivity contribution in [2.75, 3.05) is 0 Å². The van der Waals surface area contributed by atoms with Crippen LogP contribution < -0.4 is 10.6 Å². The van der Waals surface area contributed by atoms with E-state index in [0.29, 0.717) is 11.4 Å². The lowest BCUT2D eigenvalue weighted by Gasteiger charge is -2.22. The van der Waals surface area contributed by atoms with Crippen LogP contribution in [0.25, 0.3) is 0 Å². The van der Waals surface area contributed by atoms with Gasteiger partial charge in [-0.15, -0.1) is 10.2 Å². The van der Waals surface area contributed by atoms with Crippen molar-refractivity contribution >= 4 is 6.03 Å². The lowest BCUT2D eigenvalue weighted by molar-refractivity contribution is -0.152. The van der Waals surface area contributed by atoms with Gasteiger partial charge in [0, 0.05) is 19.4 Å². The van der Waals surface area contributed by atoms with Crippen LogP contribution in [0.15, 0.2) is 30.3 Å². The first-order valence-electron chi connectivity index (χ1n) is 7.99. The number of benzene rings is 1. The fraction of sp³-hybridized carbons (Fsp3) is 0.438. The van der Waals surface area contributed by atoms with Crippen molar-refractivity contribution in [3.05, 3.63) is 47.5 Å². The smallest absolute Gasteiger partial charge is 0.331 e. The molecule has 2 aromatic rings. The fourth-order valence-corrected chi connectivity index (χ4v) is 2.81. The highest BCUT2D eigenvalue weighted by molar-refractivity contribution is 5.74. The second kappa shape index (κ2) is 7.12. The van der Waals surface area contributed by atoms with E-state index >= 15 is 0 Å². The third-order valence-corrected chi connectivity index (χ3v) is 4.08. The van der Waals surface area contributed by atoms with Crippen molar-refractivity contribution in [3.8, 4) is 0 Å². The second-order valence-electron chi connectivity index (χ2n) is 5.90. The summed E-state index contributed by atoms with van der Waals surface area (Å²) in [6, 6.07) is 5.40. The van der Waals surface area contributed by atoms with Crippen LogP contribution in [0.4, 0.5) is 18.0 Å². The zero-order valence-corrected chi connectivity index (χ0v) is 13.4. The van der Waals surface area contributed by atoms with E-state index in [1.165, 1.54) is 0 Å². The van der Waals surface area contributed by atoms with Gasteiger partial charge >= 0.3 is 12.2 Å². The number of urea groups is 1. The van der Waals surface area contributed by atoms with Gasteiger partial charge in [-0.05, 0) is 12.0 Å². The maximum Gasteiger partial charge on any atom is 0.408 e. The summed E-state index contributed by atoms with van der Waals surface area (Å²) in [6.45, 7) is 0.800. The third kappa shape index (κ3) is 4.28. The molecule has 0 fully saturated rings. The molecule has 1 aromatic carbocycles. The first-order valence-corrected chi connectivity index (χ1v) is 7.99. The van der Waals surface area contributed by atoms with Crippen LogP contribution >= 0.6 is 0 Å². The van der Waals surface area contributed by atoms with Gasteiger partial charge in [-0.3, -0.25) is 0 Å². The molecule has 2 amide bonds. The summed E-state index contributed by atoms with van der Waals surface area (Å²) in [4.78, 5) is 11.9. The molecule has 0 unspecified atom stereocenters. The number of carbonyl (C=O) groups is 1. The van der Waals surface area contributed by atoms with Gasteiger partial charge in [0.05, 0.1) is 6.54 Å². The average Bonchev–Trinajstić information content (AvgIpc) is 3.16. The number of rotatable bonds is 5. The molecule has 1 aliphatic heterocycles. The van der Waals surface area contributed by atoms with Crippen molar-refractivity contribution in [2.45, 2.75) is 44.6 Å². The van der Waals surface area contributed by atoms with E-state index in [4.69, 9.17) is 0 Å². The number of amides is 2. The Morgan fingerprint density at radius 2 is 2.00 bits per heavy atom. The Labute approximate surface area is 142 Å². The Hall–Kier alpha value is -2.58. The Bertz CT molecular complexity index is 729. The van der Waals surface area contributed by atoms with E-state index in [9.17, 15) is 18.0 Å². The summed E-state index contributed by atoms with van der Waals surface area (Å²) < 4.78 is 41.5. The summed E-state index contributed by atoms with van der Waals surface area (Å²) in [5, 5.41) is 12.4. The largest absolute Gasteiger partial charge is 0.408 e. The number of hydrogen-bond acceptors (Lipinski definition) is 3. The molecule has 1 aliphatic rings. The van der Waals surface area contributed by atoms with E-state index in [1.54, 1.807) is 30.3 Å². The third-order valence-electron chi connectivity index (χ3n) is 4.08. The maximum atomic E-state index is 13.2. The Balaban J connectivity index is 1.58. The van der Waals surface area contributed by atoms with Crippen LogP contribution in [-0.4, -0.2) is 33.0 Å². The number of nitrogens with one attached hydrogen (secondary N) is 2. The van der Waals surface area contributed by atoms with Crippen LogP contribution in [0.2, 0.25) is 0 Å². The molecule has 1 aromatic heterocycles. The second-order valence-corrected chi connectivity index (χ2v) is 5.90. The highest BCUT2D eigenvalue weighted by atomic mass is 19.4. The SMILES string of the molecule is O=C(NCc1nnc2n1CCC2)N[C@H](Cc1ccccc1)C(F)(F)F. The van der Waals surface area contributed by atoms with E-state index < -0.39 is 18.2 Å². The summed E-state index contributed by atoms with van der Waals surface area (Å²) >= 11 is 0. The zero-order valence-electron chi connectivity index (χ0n) is 13.4. The lowest BCUT2D eigenvalue weighted by atomic mass is 10.1.